The van der Waals surface area contributed by atoms with Crippen LogP contribution in [0, 0.1) is 11.8 Å². The number of ether oxygens (including phenoxy) is 1. The van der Waals surface area contributed by atoms with Gasteiger partial charge in [-0.1, -0.05) is 58.0 Å². The smallest absolute Gasteiger partial charge is 0.106 e. The van der Waals surface area contributed by atoms with Crippen LogP contribution in [0.1, 0.15) is 73.8 Å². The second kappa shape index (κ2) is 9.79. The third-order valence-corrected chi connectivity index (χ3v) is 4.20. The van der Waals surface area contributed by atoms with Crippen molar-refractivity contribution in [2.24, 2.45) is 11.8 Å². The Balaban J connectivity index is 0.00000529. The predicted octanol–water partition coefficient (Wildman–Crippen LogP) is 6.15. The highest BCUT2D eigenvalue weighted by atomic mass is 35.5. The fourth-order valence-electron chi connectivity index (χ4n) is 3.81. The van der Waals surface area contributed by atoms with E-state index >= 15 is 0 Å². The number of benzene rings is 1. The highest BCUT2D eigenvalue weighted by Gasteiger charge is 2.31. The number of rotatable bonds is 9. The van der Waals surface area contributed by atoms with Crippen LogP contribution in [0.2, 0.25) is 0 Å². The Morgan fingerprint density at radius 2 is 1.33 bits per heavy atom. The molecule has 1 aromatic rings. The topological polar surface area (TPSA) is 21.3 Å². The summed E-state index contributed by atoms with van der Waals surface area (Å²) in [6.07, 6.45) is 2.18. The molecule has 0 saturated carbocycles. The van der Waals surface area contributed by atoms with Gasteiger partial charge >= 0.3 is 0 Å². The quantitative estimate of drug-likeness (QED) is 0.536. The summed E-state index contributed by atoms with van der Waals surface area (Å²) in [6.45, 7) is 17.9. The standard InChI is InChI=1S/C21H37NO.ClH/c1-16(2)14-21(8,15-17(3)4)23-18(5)22-20(6,7)19-12-10-9-11-13-19;/h9-13,16-18,22H,14-15H2,1-8H3;1H. The van der Waals surface area contributed by atoms with Crippen LogP contribution in [-0.2, 0) is 10.3 Å². The highest BCUT2D eigenvalue weighted by Crippen LogP contribution is 2.30. The van der Waals surface area contributed by atoms with Crippen LogP contribution in [0.25, 0.3) is 0 Å². The van der Waals surface area contributed by atoms with E-state index in [1.165, 1.54) is 5.56 Å². The maximum absolute atomic E-state index is 6.51. The van der Waals surface area contributed by atoms with Gasteiger partial charge < -0.3 is 4.74 Å². The molecule has 1 rings (SSSR count). The van der Waals surface area contributed by atoms with E-state index in [4.69, 9.17) is 4.74 Å². The lowest BCUT2D eigenvalue weighted by atomic mass is 9.86. The molecule has 3 heteroatoms. The fourth-order valence-corrected chi connectivity index (χ4v) is 3.81. The SMILES string of the molecule is CC(C)CC(C)(CC(C)C)OC(C)NC(C)(C)c1ccccc1.Cl. The van der Waals surface area contributed by atoms with E-state index in [1.54, 1.807) is 0 Å². The van der Waals surface area contributed by atoms with Gasteiger partial charge in [0, 0.05) is 5.54 Å². The van der Waals surface area contributed by atoms with E-state index in [2.05, 4.69) is 91.0 Å². The monoisotopic (exact) mass is 355 g/mol. The summed E-state index contributed by atoms with van der Waals surface area (Å²) < 4.78 is 6.51. The molecule has 0 fully saturated rings. The largest absolute Gasteiger partial charge is 0.357 e. The molecule has 0 heterocycles. The lowest BCUT2D eigenvalue weighted by Crippen LogP contribution is -2.48. The molecule has 0 radical (unpaired) electrons. The lowest BCUT2D eigenvalue weighted by Gasteiger charge is -2.39. The van der Waals surface area contributed by atoms with Crippen LogP contribution >= 0.6 is 12.4 Å². The third-order valence-electron chi connectivity index (χ3n) is 4.20. The first-order valence-corrected chi connectivity index (χ1v) is 9.05. The summed E-state index contributed by atoms with van der Waals surface area (Å²) in [5, 5.41) is 3.65. The van der Waals surface area contributed by atoms with Crippen molar-refractivity contribution < 1.29 is 4.74 Å². The summed E-state index contributed by atoms with van der Waals surface area (Å²) >= 11 is 0. The van der Waals surface area contributed by atoms with Gasteiger partial charge in [0.2, 0.25) is 0 Å². The number of halogens is 1. The predicted molar refractivity (Wildman–Crippen MR) is 108 cm³/mol. The molecule has 140 valence electrons. The lowest BCUT2D eigenvalue weighted by molar-refractivity contribution is -0.116. The Bertz CT molecular complexity index is 446. The van der Waals surface area contributed by atoms with E-state index in [0.717, 1.165) is 12.8 Å². The van der Waals surface area contributed by atoms with Crippen molar-refractivity contribution in [3.05, 3.63) is 35.9 Å². The number of hydrogen-bond acceptors (Lipinski definition) is 2. The Labute approximate surface area is 156 Å². The van der Waals surface area contributed by atoms with E-state index in [0.29, 0.717) is 11.8 Å². The van der Waals surface area contributed by atoms with Crippen molar-refractivity contribution in [2.45, 2.75) is 85.6 Å². The van der Waals surface area contributed by atoms with Gasteiger partial charge in [-0.2, -0.15) is 0 Å². The minimum absolute atomic E-state index is 0. The summed E-state index contributed by atoms with van der Waals surface area (Å²) in [6, 6.07) is 10.6. The summed E-state index contributed by atoms with van der Waals surface area (Å²) in [4.78, 5) is 0. The van der Waals surface area contributed by atoms with Crippen LogP contribution < -0.4 is 5.32 Å². The molecule has 1 atom stereocenters. The van der Waals surface area contributed by atoms with Crippen LogP contribution in [0.3, 0.4) is 0 Å². The molecule has 1 aromatic carbocycles. The molecule has 0 aliphatic heterocycles. The van der Waals surface area contributed by atoms with E-state index in [1.807, 2.05) is 0 Å². The molecule has 0 bridgehead atoms. The first kappa shape index (κ1) is 23.4. The fraction of sp³-hybridized carbons (Fsp3) is 0.714. The molecule has 0 spiro atoms. The zero-order chi connectivity index (χ0) is 17.7. The molecule has 0 amide bonds. The normalized spacial score (nSPS) is 13.9. The van der Waals surface area contributed by atoms with Crippen molar-refractivity contribution in [3.63, 3.8) is 0 Å². The molecule has 1 N–H and O–H groups in total. The van der Waals surface area contributed by atoms with Crippen molar-refractivity contribution in [1.82, 2.24) is 5.32 Å². The second-order valence-electron chi connectivity index (χ2n) is 8.54. The number of hydrogen-bond donors (Lipinski definition) is 1. The Morgan fingerprint density at radius 1 is 0.875 bits per heavy atom. The highest BCUT2D eigenvalue weighted by molar-refractivity contribution is 5.85. The number of nitrogens with one attached hydrogen (secondary N) is 1. The first-order valence-electron chi connectivity index (χ1n) is 9.05. The van der Waals surface area contributed by atoms with Gasteiger partial charge in [-0.25, -0.2) is 0 Å². The van der Waals surface area contributed by atoms with Gasteiger partial charge in [-0.05, 0) is 57.9 Å². The summed E-state index contributed by atoms with van der Waals surface area (Å²) in [5.74, 6) is 1.26. The van der Waals surface area contributed by atoms with Crippen molar-refractivity contribution in [2.75, 3.05) is 0 Å². The molecular formula is C21H38ClNO. The molecule has 0 aliphatic carbocycles. The molecule has 24 heavy (non-hydrogen) atoms. The second-order valence-corrected chi connectivity index (χ2v) is 8.54. The first-order chi connectivity index (χ1) is 10.5. The van der Waals surface area contributed by atoms with Crippen LogP contribution in [0.15, 0.2) is 30.3 Å². The van der Waals surface area contributed by atoms with Crippen molar-refractivity contribution >= 4 is 12.4 Å². The van der Waals surface area contributed by atoms with E-state index < -0.39 is 0 Å². The average Bonchev–Trinajstić information content (AvgIpc) is 2.36. The molecule has 0 saturated heterocycles. The summed E-state index contributed by atoms with van der Waals surface area (Å²) in [7, 11) is 0. The van der Waals surface area contributed by atoms with Crippen molar-refractivity contribution in [3.8, 4) is 0 Å². The minimum atomic E-state index is -0.114. The molecule has 0 aromatic heterocycles. The maximum atomic E-state index is 6.51. The van der Waals surface area contributed by atoms with E-state index in [9.17, 15) is 0 Å². The molecular weight excluding hydrogens is 318 g/mol. The average molecular weight is 356 g/mol. The van der Waals surface area contributed by atoms with Crippen LogP contribution in [-0.4, -0.2) is 11.8 Å². The molecule has 2 nitrogen and oxygen atoms in total. The van der Waals surface area contributed by atoms with Gasteiger partial charge in [0.25, 0.3) is 0 Å². The van der Waals surface area contributed by atoms with Crippen LogP contribution in [0.4, 0.5) is 0 Å². The Kier molecular flexibility index (Phi) is 9.56. The van der Waals surface area contributed by atoms with Gasteiger partial charge in [-0.15, -0.1) is 12.4 Å². The third kappa shape index (κ3) is 8.00. The minimum Gasteiger partial charge on any atom is -0.357 e. The molecule has 1 unspecified atom stereocenters. The van der Waals surface area contributed by atoms with Gasteiger partial charge in [0.05, 0.1) is 5.60 Å². The van der Waals surface area contributed by atoms with Crippen LogP contribution in [0.5, 0.6) is 0 Å². The van der Waals surface area contributed by atoms with Gasteiger partial charge in [0.15, 0.2) is 0 Å². The zero-order valence-corrected chi connectivity index (χ0v) is 17.7. The van der Waals surface area contributed by atoms with Crippen molar-refractivity contribution in [1.29, 1.82) is 0 Å². The zero-order valence-electron chi connectivity index (χ0n) is 16.8. The van der Waals surface area contributed by atoms with E-state index in [-0.39, 0.29) is 29.8 Å². The Morgan fingerprint density at radius 3 is 1.75 bits per heavy atom. The summed E-state index contributed by atoms with van der Waals surface area (Å²) in [5.41, 5.74) is 1.09. The maximum Gasteiger partial charge on any atom is 0.106 e. The van der Waals surface area contributed by atoms with Gasteiger partial charge in [0.1, 0.15) is 6.23 Å². The Hall–Kier alpha value is -0.570. The van der Waals surface area contributed by atoms with Gasteiger partial charge in [-0.3, -0.25) is 5.32 Å². The molecule has 0 aliphatic rings.